The summed E-state index contributed by atoms with van der Waals surface area (Å²) in [6.45, 7) is 6.56. The highest BCUT2D eigenvalue weighted by molar-refractivity contribution is 7.10. The average Bonchev–Trinajstić information content (AvgIpc) is 3.14. The number of fused-ring (bicyclic) bond motifs is 1. The van der Waals surface area contributed by atoms with E-state index in [4.69, 9.17) is 9.47 Å². The van der Waals surface area contributed by atoms with E-state index in [1.165, 1.54) is 10.4 Å². The third kappa shape index (κ3) is 4.56. The normalized spacial score (nSPS) is 16.4. The molecule has 1 aliphatic rings. The Morgan fingerprint density at radius 1 is 1.23 bits per heavy atom. The van der Waals surface area contributed by atoms with E-state index in [1.807, 2.05) is 23.5 Å². The summed E-state index contributed by atoms with van der Waals surface area (Å²) in [6, 6.07) is 9.74. The van der Waals surface area contributed by atoms with Gasteiger partial charge in [-0.3, -0.25) is 9.69 Å². The molecule has 0 saturated heterocycles. The second-order valence-electron chi connectivity index (χ2n) is 6.62. The van der Waals surface area contributed by atoms with Crippen LogP contribution in [0.1, 0.15) is 24.3 Å². The van der Waals surface area contributed by atoms with Crippen LogP contribution >= 0.6 is 11.3 Å². The van der Waals surface area contributed by atoms with E-state index in [9.17, 15) is 4.79 Å². The smallest absolute Gasteiger partial charge is 0.260 e. The Morgan fingerprint density at radius 2 is 1.96 bits per heavy atom. The highest BCUT2D eigenvalue weighted by atomic mass is 32.1. The number of carbonyl (C=O) groups is 1. The fourth-order valence-corrected chi connectivity index (χ4v) is 3.97. The van der Waals surface area contributed by atoms with Crippen LogP contribution in [0.2, 0.25) is 0 Å². The summed E-state index contributed by atoms with van der Waals surface area (Å²) < 4.78 is 10.8. The SMILES string of the molecule is COc1ccc(O[C@H](C)C(=O)NC[C@H](C)N2CCc3sccc3C2)cc1. The maximum Gasteiger partial charge on any atom is 0.260 e. The number of benzene rings is 1. The minimum absolute atomic E-state index is 0.0964. The first kappa shape index (κ1) is 18.7. The Kier molecular flexibility index (Phi) is 6.16. The highest BCUT2D eigenvalue weighted by Gasteiger charge is 2.22. The molecule has 0 saturated carbocycles. The molecule has 2 heterocycles. The Bertz CT molecular complexity index is 729. The Morgan fingerprint density at radius 3 is 2.69 bits per heavy atom. The molecule has 140 valence electrons. The summed E-state index contributed by atoms with van der Waals surface area (Å²) in [6.07, 6.45) is 0.558. The zero-order chi connectivity index (χ0) is 18.5. The van der Waals surface area contributed by atoms with Crippen molar-refractivity contribution in [1.29, 1.82) is 0 Å². The number of nitrogens with one attached hydrogen (secondary N) is 1. The third-order valence-electron chi connectivity index (χ3n) is 4.77. The van der Waals surface area contributed by atoms with Crippen molar-refractivity contribution >= 4 is 17.2 Å². The minimum atomic E-state index is -0.541. The quantitative estimate of drug-likeness (QED) is 0.809. The molecule has 1 N–H and O–H groups in total. The summed E-state index contributed by atoms with van der Waals surface area (Å²) in [7, 11) is 1.62. The molecule has 1 amide bonds. The lowest BCUT2D eigenvalue weighted by Crippen LogP contribution is -2.46. The molecule has 6 heteroatoms. The number of methoxy groups -OCH3 is 1. The molecule has 0 unspecified atom stereocenters. The van der Waals surface area contributed by atoms with E-state index in [0.29, 0.717) is 18.3 Å². The van der Waals surface area contributed by atoms with Crippen LogP contribution in [0.15, 0.2) is 35.7 Å². The minimum Gasteiger partial charge on any atom is -0.497 e. The summed E-state index contributed by atoms with van der Waals surface area (Å²) >= 11 is 1.84. The highest BCUT2D eigenvalue weighted by Crippen LogP contribution is 2.25. The molecule has 3 rings (SSSR count). The molecule has 26 heavy (non-hydrogen) atoms. The molecular weight excluding hydrogens is 348 g/mol. The van der Waals surface area contributed by atoms with Gasteiger partial charge in [-0.15, -0.1) is 11.3 Å². The van der Waals surface area contributed by atoms with Crippen molar-refractivity contribution < 1.29 is 14.3 Å². The maximum absolute atomic E-state index is 12.3. The van der Waals surface area contributed by atoms with Crippen LogP contribution in [0.3, 0.4) is 0 Å². The van der Waals surface area contributed by atoms with Crippen LogP contribution < -0.4 is 14.8 Å². The Hall–Kier alpha value is -2.05. The number of hydrogen-bond acceptors (Lipinski definition) is 5. The van der Waals surface area contributed by atoms with Crippen molar-refractivity contribution in [2.45, 2.75) is 39.0 Å². The van der Waals surface area contributed by atoms with Crippen molar-refractivity contribution in [2.24, 2.45) is 0 Å². The fraction of sp³-hybridized carbons (Fsp3) is 0.450. The number of thiophene rings is 1. The lowest BCUT2D eigenvalue weighted by Gasteiger charge is -2.32. The lowest BCUT2D eigenvalue weighted by molar-refractivity contribution is -0.127. The number of amides is 1. The van der Waals surface area contributed by atoms with Crippen molar-refractivity contribution in [2.75, 3.05) is 20.2 Å². The Labute approximate surface area is 158 Å². The molecular formula is C20H26N2O3S. The van der Waals surface area contributed by atoms with Gasteiger partial charge in [0.15, 0.2) is 6.10 Å². The van der Waals surface area contributed by atoms with Gasteiger partial charge < -0.3 is 14.8 Å². The molecule has 0 fully saturated rings. The number of nitrogens with zero attached hydrogens (tertiary/aromatic N) is 1. The van der Waals surface area contributed by atoms with E-state index in [-0.39, 0.29) is 5.91 Å². The number of ether oxygens (including phenoxy) is 2. The molecule has 2 aromatic rings. The van der Waals surface area contributed by atoms with Crippen molar-refractivity contribution in [3.8, 4) is 11.5 Å². The van der Waals surface area contributed by atoms with Gasteiger partial charge in [0, 0.05) is 30.6 Å². The largest absolute Gasteiger partial charge is 0.497 e. The summed E-state index contributed by atoms with van der Waals surface area (Å²) in [4.78, 5) is 16.3. The maximum atomic E-state index is 12.3. The van der Waals surface area contributed by atoms with Gasteiger partial charge >= 0.3 is 0 Å². The molecule has 1 aromatic heterocycles. The number of carbonyl (C=O) groups excluding carboxylic acids is 1. The summed E-state index contributed by atoms with van der Waals surface area (Å²) in [5.74, 6) is 1.32. The van der Waals surface area contributed by atoms with Crippen molar-refractivity contribution in [1.82, 2.24) is 10.2 Å². The van der Waals surface area contributed by atoms with Gasteiger partial charge in [0.2, 0.25) is 0 Å². The van der Waals surface area contributed by atoms with Crippen molar-refractivity contribution in [3.05, 3.63) is 46.2 Å². The zero-order valence-corrected chi connectivity index (χ0v) is 16.3. The predicted molar refractivity (Wildman–Crippen MR) is 104 cm³/mol. The molecule has 0 spiro atoms. The lowest BCUT2D eigenvalue weighted by atomic mass is 10.1. The van der Waals surface area contributed by atoms with Crippen LogP contribution in [-0.2, 0) is 17.8 Å². The van der Waals surface area contributed by atoms with Gasteiger partial charge in [-0.2, -0.15) is 0 Å². The van der Waals surface area contributed by atoms with Crippen LogP contribution in [0.5, 0.6) is 11.5 Å². The van der Waals surface area contributed by atoms with Crippen LogP contribution in [0.25, 0.3) is 0 Å². The van der Waals surface area contributed by atoms with E-state index in [0.717, 1.165) is 25.3 Å². The first-order valence-electron chi connectivity index (χ1n) is 8.94. The molecule has 1 aromatic carbocycles. The monoisotopic (exact) mass is 374 g/mol. The molecule has 0 bridgehead atoms. The van der Waals surface area contributed by atoms with Gasteiger partial charge in [-0.25, -0.2) is 0 Å². The first-order valence-corrected chi connectivity index (χ1v) is 9.82. The first-order chi connectivity index (χ1) is 12.6. The third-order valence-corrected chi connectivity index (χ3v) is 5.80. The Balaban J connectivity index is 1.45. The average molecular weight is 375 g/mol. The zero-order valence-electron chi connectivity index (χ0n) is 15.5. The standard InChI is InChI=1S/C20H26N2O3S/c1-14(22-10-8-19-16(13-22)9-11-26-19)12-21-20(23)15(2)25-18-6-4-17(24-3)5-7-18/h4-7,9,11,14-15H,8,10,12-13H2,1-3H3,(H,21,23)/t14-,15+/m0/s1. The molecule has 5 nitrogen and oxygen atoms in total. The van der Waals surface area contributed by atoms with Crippen LogP contribution in [-0.4, -0.2) is 43.2 Å². The van der Waals surface area contributed by atoms with Gasteiger partial charge in [0.1, 0.15) is 11.5 Å². The van der Waals surface area contributed by atoms with Crippen LogP contribution in [0, 0.1) is 0 Å². The van der Waals surface area contributed by atoms with Gasteiger partial charge in [0.05, 0.1) is 7.11 Å². The second kappa shape index (κ2) is 8.56. The van der Waals surface area contributed by atoms with E-state index >= 15 is 0 Å². The van der Waals surface area contributed by atoms with Gasteiger partial charge in [-0.1, -0.05) is 0 Å². The molecule has 0 radical (unpaired) electrons. The van der Waals surface area contributed by atoms with Crippen LogP contribution in [0.4, 0.5) is 0 Å². The van der Waals surface area contributed by atoms with Crippen molar-refractivity contribution in [3.63, 3.8) is 0 Å². The van der Waals surface area contributed by atoms with E-state index in [1.54, 1.807) is 26.2 Å². The predicted octanol–water partition coefficient (Wildman–Crippen LogP) is 3.09. The van der Waals surface area contributed by atoms with E-state index in [2.05, 4.69) is 28.6 Å². The molecule has 1 aliphatic heterocycles. The van der Waals surface area contributed by atoms with Gasteiger partial charge in [0.25, 0.3) is 5.91 Å². The topological polar surface area (TPSA) is 50.8 Å². The summed E-state index contributed by atoms with van der Waals surface area (Å²) in [5, 5.41) is 5.18. The molecule has 2 atom stereocenters. The fourth-order valence-electron chi connectivity index (χ4n) is 3.08. The summed E-state index contributed by atoms with van der Waals surface area (Å²) in [5.41, 5.74) is 1.43. The number of hydrogen-bond donors (Lipinski definition) is 1. The van der Waals surface area contributed by atoms with E-state index < -0.39 is 6.10 Å². The molecule has 0 aliphatic carbocycles. The number of rotatable bonds is 7. The second-order valence-corrected chi connectivity index (χ2v) is 7.62. The van der Waals surface area contributed by atoms with Gasteiger partial charge in [-0.05, 0) is 61.5 Å².